The van der Waals surface area contributed by atoms with Crippen LogP contribution in [0.5, 0.6) is 5.75 Å². The molecule has 0 atom stereocenters. The van der Waals surface area contributed by atoms with Gasteiger partial charge in [0.15, 0.2) is 17.9 Å². The largest absolute Gasteiger partial charge is 0.504 e. The predicted octanol–water partition coefficient (Wildman–Crippen LogP) is 3.65. The van der Waals surface area contributed by atoms with Crippen LogP contribution in [0.25, 0.3) is 11.4 Å². The smallest absolute Gasteiger partial charge is 0.172 e. The number of aromatic hydroxyl groups is 1. The summed E-state index contributed by atoms with van der Waals surface area (Å²) in [6.45, 7) is 8.16. The first-order chi connectivity index (χ1) is 12.8. The van der Waals surface area contributed by atoms with Crippen molar-refractivity contribution < 1.29 is 9.90 Å². The maximum atomic E-state index is 11.0. The molecule has 2 heterocycles. The second-order valence-corrected chi connectivity index (χ2v) is 7.50. The van der Waals surface area contributed by atoms with Gasteiger partial charge in [-0.05, 0) is 23.5 Å². The van der Waals surface area contributed by atoms with E-state index in [0.717, 1.165) is 11.1 Å². The lowest BCUT2D eigenvalue weighted by molar-refractivity contribution is 0.111. The van der Waals surface area contributed by atoms with Crippen LogP contribution in [-0.2, 0) is 11.8 Å². The summed E-state index contributed by atoms with van der Waals surface area (Å²) < 4.78 is 0. The molecule has 1 N–H and O–H groups in total. The Balaban J connectivity index is 1.80. The minimum Gasteiger partial charge on any atom is -0.504 e. The van der Waals surface area contributed by atoms with Crippen molar-refractivity contribution in [2.75, 3.05) is 0 Å². The van der Waals surface area contributed by atoms with E-state index in [1.807, 2.05) is 12.1 Å². The maximum Gasteiger partial charge on any atom is 0.172 e. The van der Waals surface area contributed by atoms with E-state index in [4.69, 9.17) is 0 Å². The fourth-order valence-electron chi connectivity index (χ4n) is 2.71. The summed E-state index contributed by atoms with van der Waals surface area (Å²) in [4.78, 5) is 28.2. The maximum absolute atomic E-state index is 11.0. The second-order valence-electron chi connectivity index (χ2n) is 7.50. The van der Waals surface area contributed by atoms with Crippen molar-refractivity contribution in [3.63, 3.8) is 0 Å². The first-order valence-electron chi connectivity index (χ1n) is 8.71. The minimum atomic E-state index is -0.181. The average Bonchev–Trinajstić information content (AvgIpc) is 2.64. The molecule has 0 spiro atoms. The van der Waals surface area contributed by atoms with E-state index in [1.165, 1.54) is 5.56 Å². The predicted molar refractivity (Wildman–Crippen MR) is 103 cm³/mol. The van der Waals surface area contributed by atoms with E-state index in [1.54, 1.807) is 19.3 Å². The monoisotopic (exact) mass is 362 g/mol. The highest BCUT2D eigenvalue weighted by molar-refractivity contribution is 5.76. The average molecular weight is 362 g/mol. The number of aromatic nitrogens is 4. The molecule has 0 aliphatic rings. The van der Waals surface area contributed by atoms with Gasteiger partial charge >= 0.3 is 0 Å². The number of hydrogen-bond acceptors (Lipinski definition) is 6. The van der Waals surface area contributed by atoms with E-state index in [9.17, 15) is 9.90 Å². The molecular weight excluding hydrogens is 340 g/mol. The van der Waals surface area contributed by atoms with Crippen molar-refractivity contribution in [3.8, 4) is 17.1 Å². The summed E-state index contributed by atoms with van der Waals surface area (Å²) in [7, 11) is 0. The Morgan fingerprint density at radius 1 is 1.04 bits per heavy atom. The molecule has 6 nitrogen and oxygen atoms in total. The van der Waals surface area contributed by atoms with Gasteiger partial charge in [0.2, 0.25) is 0 Å². The molecule has 0 unspecified atom stereocenters. The van der Waals surface area contributed by atoms with Crippen LogP contribution in [0.1, 0.15) is 53.9 Å². The zero-order chi connectivity index (χ0) is 19.6. The third-order valence-corrected chi connectivity index (χ3v) is 4.32. The number of hydrogen-bond donors (Lipinski definition) is 1. The van der Waals surface area contributed by atoms with Gasteiger partial charge in [0, 0.05) is 24.4 Å². The van der Waals surface area contributed by atoms with Crippen LogP contribution in [0, 0.1) is 6.92 Å². The molecule has 27 heavy (non-hydrogen) atoms. The molecule has 3 rings (SSSR count). The van der Waals surface area contributed by atoms with Crippen molar-refractivity contribution >= 4 is 6.29 Å². The summed E-state index contributed by atoms with van der Waals surface area (Å²) >= 11 is 0. The third kappa shape index (κ3) is 4.16. The van der Waals surface area contributed by atoms with Crippen LogP contribution in [0.3, 0.4) is 0 Å². The fourth-order valence-corrected chi connectivity index (χ4v) is 2.71. The van der Waals surface area contributed by atoms with Crippen LogP contribution in [0.15, 0.2) is 36.7 Å². The number of rotatable bonds is 4. The number of benzene rings is 1. The van der Waals surface area contributed by atoms with Crippen LogP contribution in [-0.4, -0.2) is 31.3 Å². The molecule has 0 aliphatic heterocycles. The molecule has 138 valence electrons. The summed E-state index contributed by atoms with van der Waals surface area (Å²) in [5, 5.41) is 9.74. The Morgan fingerprint density at radius 3 is 2.22 bits per heavy atom. The summed E-state index contributed by atoms with van der Waals surface area (Å²) in [6.07, 6.45) is 4.36. The molecule has 0 fully saturated rings. The number of aryl methyl sites for hydroxylation is 1. The minimum absolute atomic E-state index is 0.00558. The molecule has 6 heteroatoms. The van der Waals surface area contributed by atoms with E-state index in [0.29, 0.717) is 30.0 Å². The van der Waals surface area contributed by atoms with Gasteiger partial charge in [-0.25, -0.2) is 19.9 Å². The van der Waals surface area contributed by atoms with Crippen LogP contribution in [0.2, 0.25) is 0 Å². The lowest BCUT2D eigenvalue weighted by Gasteiger charge is -2.18. The fraction of sp³-hybridized carbons (Fsp3) is 0.286. The SMILES string of the molecule is Cc1nc(Cc2cnc(-c3ccc(C(C)(C)C)cc3)nc2)nc(C=O)c1O. The molecule has 0 amide bonds. The Kier molecular flexibility index (Phi) is 4.99. The topological polar surface area (TPSA) is 88.9 Å². The molecule has 3 aromatic rings. The lowest BCUT2D eigenvalue weighted by Crippen LogP contribution is -2.10. The Bertz CT molecular complexity index is 959. The van der Waals surface area contributed by atoms with E-state index in [2.05, 4.69) is 52.8 Å². The van der Waals surface area contributed by atoms with Crippen molar-refractivity contribution in [2.45, 2.75) is 39.5 Å². The highest BCUT2D eigenvalue weighted by atomic mass is 16.3. The van der Waals surface area contributed by atoms with Crippen molar-refractivity contribution in [3.05, 3.63) is 65.0 Å². The van der Waals surface area contributed by atoms with Gasteiger partial charge in [-0.1, -0.05) is 45.0 Å². The van der Waals surface area contributed by atoms with Crippen molar-refractivity contribution in [1.82, 2.24) is 19.9 Å². The molecular formula is C21H22N4O2. The van der Waals surface area contributed by atoms with E-state index >= 15 is 0 Å². The molecule has 0 saturated heterocycles. The molecule has 0 saturated carbocycles. The molecule has 0 radical (unpaired) electrons. The molecule has 1 aromatic carbocycles. The number of aldehydes is 1. The standard InChI is InChI=1S/C21H22N4O2/c1-13-19(27)17(12-26)25-18(24-13)9-14-10-22-20(23-11-14)15-5-7-16(8-6-15)21(2,3)4/h5-8,10-12,27H,9H2,1-4H3. The summed E-state index contributed by atoms with van der Waals surface area (Å²) in [6, 6.07) is 8.25. The van der Waals surface area contributed by atoms with Crippen LogP contribution >= 0.6 is 0 Å². The summed E-state index contributed by atoms with van der Waals surface area (Å²) in [5.41, 5.74) is 3.51. The zero-order valence-electron chi connectivity index (χ0n) is 15.9. The normalized spacial score (nSPS) is 11.4. The quantitative estimate of drug-likeness (QED) is 0.713. The Morgan fingerprint density at radius 2 is 1.67 bits per heavy atom. The van der Waals surface area contributed by atoms with Crippen LogP contribution in [0.4, 0.5) is 0 Å². The Hall–Kier alpha value is -3.15. The number of carbonyl (C=O) groups excluding carboxylic acids is 1. The highest BCUT2D eigenvalue weighted by Crippen LogP contribution is 2.25. The second kappa shape index (κ2) is 7.23. The highest BCUT2D eigenvalue weighted by Gasteiger charge is 2.14. The number of carbonyl (C=O) groups is 1. The summed E-state index contributed by atoms with van der Waals surface area (Å²) in [5.74, 6) is 0.910. The van der Waals surface area contributed by atoms with Gasteiger partial charge < -0.3 is 5.11 Å². The zero-order valence-corrected chi connectivity index (χ0v) is 15.9. The van der Waals surface area contributed by atoms with Gasteiger partial charge in [-0.15, -0.1) is 0 Å². The van der Waals surface area contributed by atoms with Gasteiger partial charge in [-0.3, -0.25) is 4.79 Å². The van der Waals surface area contributed by atoms with Gasteiger partial charge in [0.05, 0.1) is 5.69 Å². The van der Waals surface area contributed by atoms with E-state index in [-0.39, 0.29) is 16.9 Å². The van der Waals surface area contributed by atoms with Crippen molar-refractivity contribution in [1.29, 1.82) is 0 Å². The van der Waals surface area contributed by atoms with Crippen LogP contribution < -0.4 is 0 Å². The van der Waals surface area contributed by atoms with Gasteiger partial charge in [0.25, 0.3) is 0 Å². The first-order valence-corrected chi connectivity index (χ1v) is 8.71. The number of nitrogens with zero attached hydrogens (tertiary/aromatic N) is 4. The third-order valence-electron chi connectivity index (χ3n) is 4.32. The van der Waals surface area contributed by atoms with E-state index < -0.39 is 0 Å². The van der Waals surface area contributed by atoms with Crippen molar-refractivity contribution in [2.24, 2.45) is 0 Å². The Labute approximate surface area is 158 Å². The molecule has 0 bridgehead atoms. The lowest BCUT2D eigenvalue weighted by atomic mass is 9.87. The first kappa shape index (κ1) is 18.6. The van der Waals surface area contributed by atoms with Gasteiger partial charge in [0.1, 0.15) is 11.5 Å². The molecule has 2 aromatic heterocycles. The van der Waals surface area contributed by atoms with Gasteiger partial charge in [-0.2, -0.15) is 0 Å². The molecule has 0 aliphatic carbocycles.